The van der Waals surface area contributed by atoms with Gasteiger partial charge >= 0.3 is 12.1 Å². The molecule has 0 heterocycles. The predicted octanol–water partition coefficient (Wildman–Crippen LogP) is 1.75. The number of terminal acetylenes is 1. The highest BCUT2D eigenvalue weighted by Crippen LogP contribution is 2.09. The fraction of sp³-hybridized carbons (Fsp3) is 0.706. The Balaban J connectivity index is 4.17. The molecule has 0 aromatic carbocycles. The van der Waals surface area contributed by atoms with Crippen LogP contribution in [0.4, 0.5) is 4.79 Å². The van der Waals surface area contributed by atoms with E-state index in [9.17, 15) is 14.4 Å². The topological polar surface area (TPSA) is 93.7 Å². The molecule has 136 valence electrons. The van der Waals surface area contributed by atoms with Crippen molar-refractivity contribution >= 4 is 18.0 Å². The zero-order valence-corrected chi connectivity index (χ0v) is 14.9. The van der Waals surface area contributed by atoms with Crippen LogP contribution in [0.3, 0.4) is 0 Å². The van der Waals surface area contributed by atoms with Crippen LogP contribution in [0.2, 0.25) is 0 Å². The van der Waals surface area contributed by atoms with E-state index < -0.39 is 23.7 Å². The van der Waals surface area contributed by atoms with Crippen LogP contribution in [-0.4, -0.2) is 43.3 Å². The van der Waals surface area contributed by atoms with Crippen LogP contribution >= 0.6 is 0 Å². The molecule has 0 radical (unpaired) electrons. The summed E-state index contributed by atoms with van der Waals surface area (Å²) in [6, 6.07) is -0.776. The molecule has 2 N–H and O–H groups in total. The second kappa shape index (κ2) is 11.3. The Morgan fingerprint density at radius 1 is 1.21 bits per heavy atom. The first-order valence-corrected chi connectivity index (χ1v) is 7.97. The molecule has 0 aliphatic carbocycles. The number of carbonyl (C=O) groups excluding carboxylic acids is 3. The molecule has 0 saturated carbocycles. The largest absolute Gasteiger partial charge is 0.467 e. The second-order valence-corrected chi connectivity index (χ2v) is 6.27. The molecule has 0 fully saturated rings. The van der Waals surface area contributed by atoms with Crippen LogP contribution in [0.5, 0.6) is 0 Å². The summed E-state index contributed by atoms with van der Waals surface area (Å²) < 4.78 is 9.81. The maximum absolute atomic E-state index is 11.8. The number of alkyl carbamates (subject to hydrolysis) is 1. The van der Waals surface area contributed by atoms with Crippen LogP contribution in [0.25, 0.3) is 0 Å². The quantitative estimate of drug-likeness (QED) is 0.379. The minimum absolute atomic E-state index is 0.0932. The molecule has 0 aliphatic rings. The van der Waals surface area contributed by atoms with Gasteiger partial charge in [0.15, 0.2) is 0 Å². The summed E-state index contributed by atoms with van der Waals surface area (Å²) in [7, 11) is 1.26. The SMILES string of the molecule is C#CCCC(=O)NCCCC[C@H](NC(=O)OC(C)(C)C)C(=O)OC. The minimum atomic E-state index is -0.776. The summed E-state index contributed by atoms with van der Waals surface area (Å²) >= 11 is 0. The molecule has 0 spiro atoms. The van der Waals surface area contributed by atoms with Crippen molar-refractivity contribution < 1.29 is 23.9 Å². The van der Waals surface area contributed by atoms with E-state index in [2.05, 4.69) is 21.3 Å². The van der Waals surface area contributed by atoms with Crippen LogP contribution < -0.4 is 10.6 Å². The average molecular weight is 340 g/mol. The van der Waals surface area contributed by atoms with E-state index in [1.54, 1.807) is 20.8 Å². The van der Waals surface area contributed by atoms with Gasteiger partial charge in [0.2, 0.25) is 5.91 Å². The van der Waals surface area contributed by atoms with E-state index in [0.29, 0.717) is 38.6 Å². The summed E-state index contributed by atoms with van der Waals surface area (Å²) in [5, 5.41) is 5.25. The standard InChI is InChI=1S/C17H28N2O5/c1-6-7-11-14(20)18-12-9-8-10-13(15(21)23-5)19-16(22)24-17(2,3)4/h1,13H,7-12H2,2-5H3,(H,18,20)(H,19,22)/t13-/m0/s1. The number of nitrogens with one attached hydrogen (secondary N) is 2. The maximum Gasteiger partial charge on any atom is 0.408 e. The van der Waals surface area contributed by atoms with Gasteiger partial charge in [-0.25, -0.2) is 9.59 Å². The third-order valence-corrected chi connectivity index (χ3v) is 2.91. The monoisotopic (exact) mass is 340 g/mol. The van der Waals surface area contributed by atoms with Crippen molar-refractivity contribution in [3.05, 3.63) is 0 Å². The fourth-order valence-electron chi connectivity index (χ4n) is 1.82. The lowest BCUT2D eigenvalue weighted by molar-refractivity contribution is -0.143. The number of amides is 2. The predicted molar refractivity (Wildman–Crippen MR) is 90.1 cm³/mol. The third-order valence-electron chi connectivity index (χ3n) is 2.91. The van der Waals surface area contributed by atoms with E-state index in [1.165, 1.54) is 7.11 Å². The Hall–Kier alpha value is -2.23. The average Bonchev–Trinajstić information content (AvgIpc) is 2.48. The Morgan fingerprint density at radius 2 is 1.88 bits per heavy atom. The van der Waals surface area contributed by atoms with Crippen LogP contribution in [0.15, 0.2) is 0 Å². The molecular formula is C17H28N2O5. The number of hydrogen-bond donors (Lipinski definition) is 2. The van der Waals surface area contributed by atoms with Gasteiger partial charge in [-0.3, -0.25) is 4.79 Å². The summed E-state index contributed by atoms with van der Waals surface area (Å²) in [6.07, 6.45) is 6.84. The van der Waals surface area contributed by atoms with Crippen molar-refractivity contribution in [2.45, 2.75) is 64.5 Å². The molecule has 0 aromatic rings. The van der Waals surface area contributed by atoms with Gasteiger partial charge in [-0.15, -0.1) is 12.3 Å². The molecule has 24 heavy (non-hydrogen) atoms. The number of unbranched alkanes of at least 4 members (excludes halogenated alkanes) is 1. The van der Waals surface area contributed by atoms with E-state index in [-0.39, 0.29) is 5.91 Å². The van der Waals surface area contributed by atoms with Gasteiger partial charge in [0, 0.05) is 19.4 Å². The lowest BCUT2D eigenvalue weighted by Crippen LogP contribution is -2.44. The second-order valence-electron chi connectivity index (χ2n) is 6.27. The lowest BCUT2D eigenvalue weighted by atomic mass is 10.1. The highest BCUT2D eigenvalue weighted by atomic mass is 16.6. The molecule has 0 unspecified atom stereocenters. The Kier molecular flexibility index (Phi) is 10.3. The van der Waals surface area contributed by atoms with Crippen molar-refractivity contribution in [2.24, 2.45) is 0 Å². The normalized spacial score (nSPS) is 11.8. The first-order chi connectivity index (χ1) is 11.2. The highest BCUT2D eigenvalue weighted by molar-refractivity contribution is 5.81. The zero-order valence-electron chi connectivity index (χ0n) is 14.9. The Morgan fingerprint density at radius 3 is 2.42 bits per heavy atom. The minimum Gasteiger partial charge on any atom is -0.467 e. The molecule has 0 rings (SSSR count). The number of hydrogen-bond acceptors (Lipinski definition) is 5. The van der Waals surface area contributed by atoms with E-state index in [4.69, 9.17) is 11.2 Å². The van der Waals surface area contributed by atoms with Crippen molar-refractivity contribution in [3.63, 3.8) is 0 Å². The molecule has 7 nitrogen and oxygen atoms in total. The van der Waals surface area contributed by atoms with Crippen LogP contribution in [-0.2, 0) is 19.1 Å². The summed E-state index contributed by atoms with van der Waals surface area (Å²) in [5.74, 6) is 1.78. The molecule has 2 amide bonds. The van der Waals surface area contributed by atoms with Crippen molar-refractivity contribution in [2.75, 3.05) is 13.7 Å². The molecule has 0 bridgehead atoms. The molecule has 0 saturated heterocycles. The van der Waals surface area contributed by atoms with E-state index in [1.807, 2.05) is 0 Å². The van der Waals surface area contributed by atoms with Gasteiger partial charge in [0.05, 0.1) is 7.11 Å². The Labute approximate surface area is 143 Å². The lowest BCUT2D eigenvalue weighted by Gasteiger charge is -2.22. The maximum atomic E-state index is 11.8. The Bertz CT molecular complexity index is 463. The van der Waals surface area contributed by atoms with Gasteiger partial charge in [-0.2, -0.15) is 0 Å². The van der Waals surface area contributed by atoms with Gasteiger partial charge in [0.1, 0.15) is 11.6 Å². The molecule has 1 atom stereocenters. The first-order valence-electron chi connectivity index (χ1n) is 7.97. The summed E-state index contributed by atoms with van der Waals surface area (Å²) in [5.41, 5.74) is -0.645. The van der Waals surface area contributed by atoms with Crippen molar-refractivity contribution in [3.8, 4) is 12.3 Å². The van der Waals surface area contributed by atoms with Crippen LogP contribution in [0, 0.1) is 12.3 Å². The summed E-state index contributed by atoms with van der Waals surface area (Å²) in [6.45, 7) is 5.71. The first kappa shape index (κ1) is 21.8. The molecule has 0 aromatic heterocycles. The van der Waals surface area contributed by atoms with Gasteiger partial charge in [0.25, 0.3) is 0 Å². The number of esters is 1. The summed E-state index contributed by atoms with van der Waals surface area (Å²) in [4.78, 5) is 34.9. The number of carbonyl (C=O) groups is 3. The van der Waals surface area contributed by atoms with E-state index in [0.717, 1.165) is 0 Å². The zero-order chi connectivity index (χ0) is 18.6. The molecular weight excluding hydrogens is 312 g/mol. The molecule has 7 heteroatoms. The van der Waals surface area contributed by atoms with Crippen molar-refractivity contribution in [1.29, 1.82) is 0 Å². The number of ether oxygens (including phenoxy) is 2. The smallest absolute Gasteiger partial charge is 0.408 e. The number of methoxy groups -OCH3 is 1. The molecule has 0 aliphatic heterocycles. The van der Waals surface area contributed by atoms with Crippen molar-refractivity contribution in [1.82, 2.24) is 10.6 Å². The van der Waals surface area contributed by atoms with Crippen LogP contribution in [0.1, 0.15) is 52.9 Å². The number of rotatable bonds is 9. The van der Waals surface area contributed by atoms with Gasteiger partial charge in [-0.05, 0) is 40.0 Å². The highest BCUT2D eigenvalue weighted by Gasteiger charge is 2.24. The van der Waals surface area contributed by atoms with Gasteiger partial charge < -0.3 is 20.1 Å². The third kappa shape index (κ3) is 11.4. The van der Waals surface area contributed by atoms with Gasteiger partial charge in [-0.1, -0.05) is 0 Å². The van der Waals surface area contributed by atoms with E-state index >= 15 is 0 Å². The fourth-order valence-corrected chi connectivity index (χ4v) is 1.82.